The van der Waals surface area contributed by atoms with Gasteiger partial charge in [0.25, 0.3) is 0 Å². The molecule has 2 aromatic carbocycles. The molecule has 1 saturated heterocycles. The van der Waals surface area contributed by atoms with Gasteiger partial charge in [0.05, 0.1) is 19.9 Å². The molecule has 0 unspecified atom stereocenters. The predicted molar refractivity (Wildman–Crippen MR) is 127 cm³/mol. The Balaban J connectivity index is 1.29. The SMILES string of the molecule is COc1ccc(CN2CCC(O)(COc3ccccc3F)CC2)cc1OCCn1cc(C)cn1. The number of ether oxygens (including phenoxy) is 3. The van der Waals surface area contributed by atoms with E-state index < -0.39 is 11.4 Å². The van der Waals surface area contributed by atoms with Gasteiger partial charge < -0.3 is 19.3 Å². The summed E-state index contributed by atoms with van der Waals surface area (Å²) in [5, 5.41) is 15.2. The van der Waals surface area contributed by atoms with Crippen LogP contribution in [-0.2, 0) is 13.1 Å². The lowest BCUT2D eigenvalue weighted by Gasteiger charge is -2.38. The van der Waals surface area contributed by atoms with Gasteiger partial charge in [0, 0.05) is 25.8 Å². The van der Waals surface area contributed by atoms with Gasteiger partial charge in [-0.3, -0.25) is 9.58 Å². The average molecular weight is 470 g/mol. The van der Waals surface area contributed by atoms with Crippen molar-refractivity contribution in [3.63, 3.8) is 0 Å². The molecule has 8 heteroatoms. The monoisotopic (exact) mass is 469 g/mol. The molecule has 0 spiro atoms. The molecule has 182 valence electrons. The molecule has 0 bridgehead atoms. The zero-order chi connectivity index (χ0) is 24.0. The normalized spacial score (nSPS) is 15.8. The quantitative estimate of drug-likeness (QED) is 0.487. The molecule has 1 aliphatic heterocycles. The van der Waals surface area contributed by atoms with Gasteiger partial charge in [-0.1, -0.05) is 18.2 Å². The van der Waals surface area contributed by atoms with E-state index in [4.69, 9.17) is 14.2 Å². The van der Waals surface area contributed by atoms with E-state index in [2.05, 4.69) is 10.00 Å². The number of benzene rings is 2. The summed E-state index contributed by atoms with van der Waals surface area (Å²) in [6.45, 7) is 5.41. The van der Waals surface area contributed by atoms with Gasteiger partial charge in [0.2, 0.25) is 0 Å². The van der Waals surface area contributed by atoms with Crippen LogP contribution in [0.4, 0.5) is 4.39 Å². The number of methoxy groups -OCH3 is 1. The Hall–Kier alpha value is -3.10. The Morgan fingerprint density at radius 2 is 1.85 bits per heavy atom. The zero-order valence-electron chi connectivity index (χ0n) is 19.7. The first kappa shape index (κ1) is 24.0. The van der Waals surface area contributed by atoms with Gasteiger partial charge in [0.1, 0.15) is 18.8 Å². The van der Waals surface area contributed by atoms with Crippen LogP contribution in [0.5, 0.6) is 17.2 Å². The second-order valence-corrected chi connectivity index (χ2v) is 8.83. The summed E-state index contributed by atoms with van der Waals surface area (Å²) < 4.78 is 32.7. The average Bonchev–Trinajstić information content (AvgIpc) is 3.25. The van der Waals surface area contributed by atoms with Gasteiger partial charge in [-0.25, -0.2) is 4.39 Å². The van der Waals surface area contributed by atoms with Crippen molar-refractivity contribution in [1.82, 2.24) is 14.7 Å². The van der Waals surface area contributed by atoms with Crippen LogP contribution >= 0.6 is 0 Å². The second-order valence-electron chi connectivity index (χ2n) is 8.83. The maximum atomic E-state index is 13.8. The van der Waals surface area contributed by atoms with Crippen LogP contribution in [0.25, 0.3) is 0 Å². The van der Waals surface area contributed by atoms with E-state index in [0.29, 0.717) is 37.5 Å². The summed E-state index contributed by atoms with van der Waals surface area (Å²) in [4.78, 5) is 2.29. The van der Waals surface area contributed by atoms with Crippen LogP contribution in [0.15, 0.2) is 54.9 Å². The standard InChI is InChI=1S/C26H32FN3O4/c1-20-16-28-30(17-20)13-14-33-25-15-21(7-8-24(25)32-2)18-29-11-9-26(31,10-12-29)19-34-23-6-4-3-5-22(23)27/h3-8,15-17,31H,9-14,18-19H2,1-2H3. The highest BCUT2D eigenvalue weighted by molar-refractivity contribution is 5.43. The molecule has 2 heterocycles. The number of likely N-dealkylation sites (tertiary alicyclic amines) is 1. The van der Waals surface area contributed by atoms with E-state index in [0.717, 1.165) is 30.8 Å². The Morgan fingerprint density at radius 3 is 2.56 bits per heavy atom. The van der Waals surface area contributed by atoms with E-state index in [1.165, 1.54) is 6.07 Å². The molecule has 0 aliphatic carbocycles. The molecule has 0 atom stereocenters. The van der Waals surface area contributed by atoms with Crippen LogP contribution in [0.1, 0.15) is 24.0 Å². The maximum absolute atomic E-state index is 13.8. The summed E-state index contributed by atoms with van der Waals surface area (Å²) in [5.41, 5.74) is 1.27. The minimum absolute atomic E-state index is 0.0814. The van der Waals surface area contributed by atoms with E-state index in [9.17, 15) is 9.50 Å². The van der Waals surface area contributed by atoms with Crippen LogP contribution in [0.2, 0.25) is 0 Å². The lowest BCUT2D eigenvalue weighted by Crippen LogP contribution is -2.47. The minimum atomic E-state index is -0.961. The van der Waals surface area contributed by atoms with Crippen LogP contribution in [0.3, 0.4) is 0 Å². The number of hydrogen-bond donors (Lipinski definition) is 1. The fraction of sp³-hybridized carbons (Fsp3) is 0.423. The number of nitrogens with zero attached hydrogens (tertiary/aromatic N) is 3. The molecule has 4 rings (SSSR count). The molecule has 0 amide bonds. The molecular formula is C26H32FN3O4. The zero-order valence-corrected chi connectivity index (χ0v) is 19.7. The number of aliphatic hydroxyl groups is 1. The Bertz CT molecular complexity index is 1080. The molecule has 1 aromatic heterocycles. The summed E-state index contributed by atoms with van der Waals surface area (Å²) in [6.07, 6.45) is 4.93. The summed E-state index contributed by atoms with van der Waals surface area (Å²) in [7, 11) is 1.63. The highest BCUT2D eigenvalue weighted by Crippen LogP contribution is 2.30. The van der Waals surface area contributed by atoms with Gasteiger partial charge in [0.15, 0.2) is 23.1 Å². The Morgan fingerprint density at radius 1 is 1.06 bits per heavy atom. The third-order valence-electron chi connectivity index (χ3n) is 6.09. The molecule has 3 aromatic rings. The largest absolute Gasteiger partial charge is 0.493 e. The molecule has 0 radical (unpaired) electrons. The van der Waals surface area contributed by atoms with E-state index in [1.54, 1.807) is 25.3 Å². The molecular weight excluding hydrogens is 437 g/mol. The van der Waals surface area contributed by atoms with Crippen molar-refractivity contribution < 1.29 is 23.7 Å². The van der Waals surface area contributed by atoms with Crippen molar-refractivity contribution in [2.45, 2.75) is 38.5 Å². The van der Waals surface area contributed by atoms with Crippen molar-refractivity contribution in [3.8, 4) is 17.2 Å². The molecule has 1 N–H and O–H groups in total. The topological polar surface area (TPSA) is 69.0 Å². The lowest BCUT2D eigenvalue weighted by molar-refractivity contribution is -0.0543. The summed E-state index contributed by atoms with van der Waals surface area (Å²) in [5.74, 6) is 1.15. The molecule has 1 fully saturated rings. The second kappa shape index (κ2) is 10.9. The number of aromatic nitrogens is 2. The molecule has 1 aliphatic rings. The third-order valence-corrected chi connectivity index (χ3v) is 6.09. The first-order valence-corrected chi connectivity index (χ1v) is 11.5. The fourth-order valence-corrected chi connectivity index (χ4v) is 4.07. The van der Waals surface area contributed by atoms with Gasteiger partial charge in [-0.2, -0.15) is 5.10 Å². The number of piperidine rings is 1. The summed E-state index contributed by atoms with van der Waals surface area (Å²) in [6, 6.07) is 12.2. The van der Waals surface area contributed by atoms with Crippen molar-refractivity contribution in [2.24, 2.45) is 0 Å². The van der Waals surface area contributed by atoms with Gasteiger partial charge in [-0.05, 0) is 55.2 Å². The molecule has 0 saturated carbocycles. The number of hydrogen-bond acceptors (Lipinski definition) is 6. The number of aryl methyl sites for hydroxylation is 1. The van der Waals surface area contributed by atoms with Gasteiger partial charge in [-0.15, -0.1) is 0 Å². The van der Waals surface area contributed by atoms with Crippen LogP contribution < -0.4 is 14.2 Å². The number of rotatable bonds is 10. The van der Waals surface area contributed by atoms with Crippen LogP contribution in [0, 0.1) is 12.7 Å². The third kappa shape index (κ3) is 6.27. The van der Waals surface area contributed by atoms with E-state index in [1.807, 2.05) is 42.2 Å². The van der Waals surface area contributed by atoms with E-state index in [-0.39, 0.29) is 12.4 Å². The van der Waals surface area contributed by atoms with E-state index >= 15 is 0 Å². The lowest BCUT2D eigenvalue weighted by atomic mass is 9.92. The predicted octanol–water partition coefficient (Wildman–Crippen LogP) is 3.82. The smallest absolute Gasteiger partial charge is 0.165 e. The Kier molecular flexibility index (Phi) is 7.70. The first-order valence-electron chi connectivity index (χ1n) is 11.5. The van der Waals surface area contributed by atoms with Crippen molar-refractivity contribution in [1.29, 1.82) is 0 Å². The number of halogens is 1. The van der Waals surface area contributed by atoms with Crippen molar-refractivity contribution in [3.05, 3.63) is 71.8 Å². The highest BCUT2D eigenvalue weighted by atomic mass is 19.1. The highest BCUT2D eigenvalue weighted by Gasteiger charge is 2.33. The maximum Gasteiger partial charge on any atom is 0.165 e. The molecule has 34 heavy (non-hydrogen) atoms. The van der Waals surface area contributed by atoms with Crippen LogP contribution in [-0.4, -0.2) is 58.8 Å². The van der Waals surface area contributed by atoms with Crippen molar-refractivity contribution in [2.75, 3.05) is 33.4 Å². The minimum Gasteiger partial charge on any atom is -0.493 e. The fourth-order valence-electron chi connectivity index (χ4n) is 4.07. The molecule has 7 nitrogen and oxygen atoms in total. The Labute approximate surface area is 199 Å². The first-order chi connectivity index (χ1) is 16.4. The summed E-state index contributed by atoms with van der Waals surface area (Å²) >= 11 is 0. The van der Waals surface area contributed by atoms with Gasteiger partial charge >= 0.3 is 0 Å². The van der Waals surface area contributed by atoms with Crippen molar-refractivity contribution >= 4 is 0 Å². The number of para-hydroxylation sites is 1.